The molecule has 0 unspecified atom stereocenters. The summed E-state index contributed by atoms with van der Waals surface area (Å²) in [7, 11) is -3.78. The van der Waals surface area contributed by atoms with Crippen molar-refractivity contribution < 1.29 is 8.42 Å². The molecular weight excluding hydrogens is 326 g/mol. The van der Waals surface area contributed by atoms with Gasteiger partial charge >= 0.3 is 0 Å². The Morgan fingerprint density at radius 2 is 2.00 bits per heavy atom. The lowest BCUT2D eigenvalue weighted by molar-refractivity contribution is 0.601. The van der Waals surface area contributed by atoms with Crippen LogP contribution in [0.5, 0.6) is 0 Å². The SMILES string of the molecule is O=S(=O)(Nc1cc(-n2cccn2)ncn1)c1cccc(Cl)c1. The standard InChI is InChI=1S/C13H10ClN5O2S/c14-10-3-1-4-11(7-10)22(20,21)18-12-8-13(16-9-15-12)19-6-2-5-17-19/h1-9H,(H,15,16,18). The molecule has 3 rings (SSSR count). The van der Waals surface area contributed by atoms with Gasteiger partial charge in [0.25, 0.3) is 10.0 Å². The number of aromatic nitrogens is 4. The number of sulfonamides is 1. The lowest BCUT2D eigenvalue weighted by Gasteiger charge is -2.08. The van der Waals surface area contributed by atoms with Gasteiger partial charge in [-0.15, -0.1) is 0 Å². The largest absolute Gasteiger partial charge is 0.263 e. The van der Waals surface area contributed by atoms with Crippen molar-refractivity contribution in [3.8, 4) is 5.82 Å². The van der Waals surface area contributed by atoms with Crippen LogP contribution in [0.2, 0.25) is 5.02 Å². The molecule has 2 heterocycles. The third kappa shape index (κ3) is 3.07. The van der Waals surface area contributed by atoms with Gasteiger partial charge in [-0.25, -0.2) is 23.1 Å². The number of halogens is 1. The number of anilines is 1. The quantitative estimate of drug-likeness (QED) is 0.788. The second kappa shape index (κ2) is 5.74. The third-order valence-electron chi connectivity index (χ3n) is 2.74. The molecule has 1 aromatic carbocycles. The van der Waals surface area contributed by atoms with Gasteiger partial charge in [0, 0.05) is 23.5 Å². The van der Waals surface area contributed by atoms with E-state index in [1.165, 1.54) is 29.2 Å². The Bertz CT molecular complexity index is 896. The van der Waals surface area contributed by atoms with Gasteiger partial charge in [-0.1, -0.05) is 17.7 Å². The van der Waals surface area contributed by atoms with Crippen molar-refractivity contribution in [2.45, 2.75) is 4.90 Å². The molecule has 7 nitrogen and oxygen atoms in total. The van der Waals surface area contributed by atoms with E-state index in [4.69, 9.17) is 11.6 Å². The molecule has 0 bridgehead atoms. The van der Waals surface area contributed by atoms with Gasteiger partial charge < -0.3 is 0 Å². The molecule has 0 amide bonds. The topological polar surface area (TPSA) is 89.8 Å². The zero-order valence-corrected chi connectivity index (χ0v) is 12.7. The van der Waals surface area contributed by atoms with Crippen molar-refractivity contribution in [2.75, 3.05) is 4.72 Å². The van der Waals surface area contributed by atoms with Gasteiger partial charge in [0.05, 0.1) is 4.90 Å². The van der Waals surface area contributed by atoms with Crippen LogP contribution in [0.25, 0.3) is 5.82 Å². The molecule has 0 aliphatic heterocycles. The molecule has 0 aliphatic rings. The number of hydrogen-bond acceptors (Lipinski definition) is 5. The van der Waals surface area contributed by atoms with E-state index in [0.29, 0.717) is 10.8 Å². The van der Waals surface area contributed by atoms with Crippen LogP contribution in [0, 0.1) is 0 Å². The molecule has 3 aromatic rings. The number of benzene rings is 1. The van der Waals surface area contributed by atoms with Gasteiger partial charge in [-0.2, -0.15) is 5.10 Å². The van der Waals surface area contributed by atoms with E-state index in [0.717, 1.165) is 0 Å². The van der Waals surface area contributed by atoms with Crippen molar-refractivity contribution >= 4 is 27.4 Å². The Balaban J connectivity index is 1.91. The summed E-state index contributed by atoms with van der Waals surface area (Å²) in [4.78, 5) is 7.99. The predicted octanol–water partition coefficient (Wildman–Crippen LogP) is 2.12. The van der Waals surface area contributed by atoms with Crippen molar-refractivity contribution in [3.05, 3.63) is 60.1 Å². The summed E-state index contributed by atoms with van der Waals surface area (Å²) < 4.78 is 28.5. The molecule has 0 fully saturated rings. The first-order valence-electron chi connectivity index (χ1n) is 6.15. The lowest BCUT2D eigenvalue weighted by atomic mass is 10.4. The molecule has 0 radical (unpaired) electrons. The monoisotopic (exact) mass is 335 g/mol. The smallest absolute Gasteiger partial charge is 0.263 e. The van der Waals surface area contributed by atoms with Crippen LogP contribution in [0.1, 0.15) is 0 Å². The molecule has 22 heavy (non-hydrogen) atoms. The van der Waals surface area contributed by atoms with Crippen LogP contribution in [-0.2, 0) is 10.0 Å². The Morgan fingerprint density at radius 3 is 2.73 bits per heavy atom. The van der Waals surface area contributed by atoms with E-state index in [1.807, 2.05) is 0 Å². The van der Waals surface area contributed by atoms with Crippen LogP contribution < -0.4 is 4.72 Å². The molecule has 1 N–H and O–H groups in total. The van der Waals surface area contributed by atoms with Crippen LogP contribution in [-0.4, -0.2) is 28.2 Å². The molecule has 9 heteroatoms. The summed E-state index contributed by atoms with van der Waals surface area (Å²) >= 11 is 5.82. The summed E-state index contributed by atoms with van der Waals surface area (Å²) in [5, 5.41) is 4.36. The van der Waals surface area contributed by atoms with Gasteiger partial charge in [-0.3, -0.25) is 4.72 Å². The van der Waals surface area contributed by atoms with Crippen molar-refractivity contribution in [3.63, 3.8) is 0 Å². The molecule has 0 saturated heterocycles. The van der Waals surface area contributed by atoms with E-state index >= 15 is 0 Å². The minimum Gasteiger partial charge on any atom is -0.263 e. The average Bonchev–Trinajstić information content (AvgIpc) is 3.01. The first-order valence-corrected chi connectivity index (χ1v) is 8.01. The summed E-state index contributed by atoms with van der Waals surface area (Å²) in [5.41, 5.74) is 0. The number of hydrogen-bond donors (Lipinski definition) is 1. The first kappa shape index (κ1) is 14.5. The maximum atomic E-state index is 12.3. The van der Waals surface area contributed by atoms with Crippen LogP contribution >= 0.6 is 11.6 Å². The second-order valence-corrected chi connectivity index (χ2v) is 6.39. The highest BCUT2D eigenvalue weighted by Crippen LogP contribution is 2.18. The minimum absolute atomic E-state index is 0.0549. The average molecular weight is 336 g/mol. The van der Waals surface area contributed by atoms with Crippen molar-refractivity contribution in [1.82, 2.24) is 19.7 Å². The number of nitrogens with zero attached hydrogens (tertiary/aromatic N) is 4. The molecule has 2 aromatic heterocycles. The van der Waals surface area contributed by atoms with Crippen LogP contribution in [0.3, 0.4) is 0 Å². The molecule has 0 aliphatic carbocycles. The highest BCUT2D eigenvalue weighted by atomic mass is 35.5. The highest BCUT2D eigenvalue weighted by molar-refractivity contribution is 7.92. The van der Waals surface area contributed by atoms with Crippen LogP contribution in [0.4, 0.5) is 5.82 Å². The van der Waals surface area contributed by atoms with E-state index in [-0.39, 0.29) is 10.7 Å². The molecule has 112 valence electrons. The van der Waals surface area contributed by atoms with Gasteiger partial charge in [0.1, 0.15) is 12.1 Å². The molecular formula is C13H10ClN5O2S. The molecule has 0 spiro atoms. The predicted molar refractivity (Wildman–Crippen MR) is 81.4 cm³/mol. The Kier molecular flexibility index (Phi) is 3.78. The highest BCUT2D eigenvalue weighted by Gasteiger charge is 2.15. The Hall–Kier alpha value is -2.45. The molecule has 0 atom stereocenters. The summed E-state index contributed by atoms with van der Waals surface area (Å²) in [6, 6.07) is 9.18. The normalized spacial score (nSPS) is 11.3. The lowest BCUT2D eigenvalue weighted by Crippen LogP contribution is -2.14. The second-order valence-electron chi connectivity index (χ2n) is 4.27. The minimum atomic E-state index is -3.78. The fourth-order valence-electron chi connectivity index (χ4n) is 1.76. The summed E-state index contributed by atoms with van der Waals surface area (Å²) in [6.45, 7) is 0. The maximum absolute atomic E-state index is 12.3. The number of nitrogens with one attached hydrogen (secondary N) is 1. The van der Waals surface area contributed by atoms with Crippen molar-refractivity contribution in [2.24, 2.45) is 0 Å². The maximum Gasteiger partial charge on any atom is 0.263 e. The number of rotatable bonds is 4. The first-order chi connectivity index (χ1) is 10.5. The fourth-order valence-corrected chi connectivity index (χ4v) is 3.06. The van der Waals surface area contributed by atoms with Gasteiger partial charge in [0.2, 0.25) is 0 Å². The van der Waals surface area contributed by atoms with Crippen molar-refractivity contribution in [1.29, 1.82) is 0 Å². The van der Waals surface area contributed by atoms with Gasteiger partial charge in [-0.05, 0) is 24.3 Å². The summed E-state index contributed by atoms with van der Waals surface area (Å²) in [6.07, 6.45) is 4.54. The zero-order valence-electron chi connectivity index (χ0n) is 11.1. The Morgan fingerprint density at radius 1 is 1.14 bits per heavy atom. The zero-order chi connectivity index (χ0) is 15.6. The third-order valence-corrected chi connectivity index (χ3v) is 4.32. The van der Waals surface area contributed by atoms with E-state index in [9.17, 15) is 8.42 Å². The molecule has 0 saturated carbocycles. The van der Waals surface area contributed by atoms with Crippen LogP contribution in [0.15, 0.2) is 60.0 Å². The van der Waals surface area contributed by atoms with E-state index in [2.05, 4.69) is 19.8 Å². The van der Waals surface area contributed by atoms with Gasteiger partial charge in [0.15, 0.2) is 5.82 Å². The summed E-state index contributed by atoms with van der Waals surface area (Å²) in [5.74, 6) is 0.587. The van der Waals surface area contributed by atoms with E-state index < -0.39 is 10.0 Å². The fraction of sp³-hybridized carbons (Fsp3) is 0. The Labute approximate surface area is 131 Å². The van der Waals surface area contributed by atoms with E-state index in [1.54, 1.807) is 30.6 Å².